The maximum absolute atomic E-state index is 10.3. The molecule has 0 amide bonds. The minimum Gasteiger partial charge on any atom is -0.414 e. The van der Waals surface area contributed by atoms with Crippen LogP contribution in [0.25, 0.3) is 0 Å². The third-order valence-corrected chi connectivity index (χ3v) is 10.3. The molecule has 1 aliphatic heterocycles. The summed E-state index contributed by atoms with van der Waals surface area (Å²) >= 11 is 0. The molecule has 3 nitrogen and oxygen atoms in total. The van der Waals surface area contributed by atoms with E-state index in [1.165, 1.54) is 32.1 Å². The van der Waals surface area contributed by atoms with Gasteiger partial charge in [0.05, 0.1) is 18.8 Å². The second kappa shape index (κ2) is 6.69. The summed E-state index contributed by atoms with van der Waals surface area (Å²) in [6.45, 7) is 11.8. The fraction of sp³-hybridized carbons (Fsp3) is 1.00. The summed E-state index contributed by atoms with van der Waals surface area (Å²) in [6.07, 6.45) is 7.15. The molecule has 1 heterocycles. The van der Waals surface area contributed by atoms with Gasteiger partial charge in [0, 0.05) is 6.42 Å². The van der Waals surface area contributed by atoms with Crippen molar-refractivity contribution in [2.45, 2.75) is 95.7 Å². The molecular weight excluding hydrogens is 280 g/mol. The molecular formula is C17H34O3Si. The van der Waals surface area contributed by atoms with Crippen LogP contribution in [0.5, 0.6) is 0 Å². The highest BCUT2D eigenvalue weighted by atomic mass is 28.4. The first-order valence-corrected chi connectivity index (χ1v) is 11.6. The first kappa shape index (κ1) is 17.5. The standard InChI is InChI=1S/C17H34O3Si/c1-17(2,3)21(4,5)19-12-16-14(18)11-15(20-16)13-9-7-6-8-10-13/h13-16,18H,6-12H2,1-5H3/t14?,15-,16-/m1/s1. The second-order valence-corrected chi connectivity index (χ2v) is 13.3. The molecule has 1 unspecified atom stereocenters. The average Bonchev–Trinajstić information content (AvgIpc) is 2.78. The lowest BCUT2D eigenvalue weighted by Gasteiger charge is -2.37. The number of hydrogen-bond donors (Lipinski definition) is 1. The molecule has 0 radical (unpaired) electrons. The third kappa shape index (κ3) is 4.31. The van der Waals surface area contributed by atoms with Crippen LogP contribution in [-0.2, 0) is 9.16 Å². The quantitative estimate of drug-likeness (QED) is 0.794. The van der Waals surface area contributed by atoms with Gasteiger partial charge in [-0.25, -0.2) is 0 Å². The van der Waals surface area contributed by atoms with Crippen molar-refractivity contribution in [1.29, 1.82) is 0 Å². The van der Waals surface area contributed by atoms with Crippen LogP contribution in [0.1, 0.15) is 59.3 Å². The Bertz CT molecular complexity index is 331. The van der Waals surface area contributed by atoms with Gasteiger partial charge in [-0.2, -0.15) is 0 Å². The average molecular weight is 315 g/mol. The summed E-state index contributed by atoms with van der Waals surface area (Å²) in [6, 6.07) is 0. The zero-order valence-electron chi connectivity index (χ0n) is 14.5. The monoisotopic (exact) mass is 314 g/mol. The summed E-state index contributed by atoms with van der Waals surface area (Å²) in [7, 11) is -1.75. The minimum atomic E-state index is -1.75. The van der Waals surface area contributed by atoms with E-state index in [0.29, 0.717) is 12.5 Å². The van der Waals surface area contributed by atoms with Gasteiger partial charge in [0.15, 0.2) is 8.32 Å². The molecule has 124 valence electrons. The van der Waals surface area contributed by atoms with Crippen LogP contribution < -0.4 is 0 Å². The molecule has 0 spiro atoms. The van der Waals surface area contributed by atoms with Crippen molar-refractivity contribution in [1.82, 2.24) is 0 Å². The van der Waals surface area contributed by atoms with Crippen LogP contribution in [0.4, 0.5) is 0 Å². The van der Waals surface area contributed by atoms with E-state index in [-0.39, 0.29) is 23.4 Å². The van der Waals surface area contributed by atoms with Crippen molar-refractivity contribution >= 4 is 8.32 Å². The van der Waals surface area contributed by atoms with Crippen molar-refractivity contribution in [3.05, 3.63) is 0 Å². The summed E-state index contributed by atoms with van der Waals surface area (Å²) in [4.78, 5) is 0. The third-order valence-electron chi connectivity index (χ3n) is 5.84. The van der Waals surface area contributed by atoms with Crippen molar-refractivity contribution in [3.63, 3.8) is 0 Å². The highest BCUT2D eigenvalue weighted by Crippen LogP contribution is 2.38. The first-order chi connectivity index (χ1) is 9.71. The van der Waals surface area contributed by atoms with E-state index in [4.69, 9.17) is 9.16 Å². The maximum atomic E-state index is 10.3. The highest BCUT2D eigenvalue weighted by Gasteiger charge is 2.42. The summed E-state index contributed by atoms with van der Waals surface area (Å²) in [5.74, 6) is 0.659. The Morgan fingerprint density at radius 2 is 1.76 bits per heavy atom. The molecule has 2 fully saturated rings. The molecule has 1 saturated carbocycles. The van der Waals surface area contributed by atoms with E-state index >= 15 is 0 Å². The van der Waals surface area contributed by atoms with Gasteiger partial charge in [-0.15, -0.1) is 0 Å². The van der Waals surface area contributed by atoms with E-state index < -0.39 is 8.32 Å². The van der Waals surface area contributed by atoms with Gasteiger partial charge in [0.2, 0.25) is 0 Å². The minimum absolute atomic E-state index is 0.119. The van der Waals surface area contributed by atoms with Crippen LogP contribution in [-0.4, -0.2) is 38.3 Å². The van der Waals surface area contributed by atoms with Gasteiger partial charge in [-0.3, -0.25) is 0 Å². The first-order valence-electron chi connectivity index (χ1n) is 8.68. The molecule has 1 aliphatic carbocycles. The highest BCUT2D eigenvalue weighted by molar-refractivity contribution is 6.74. The van der Waals surface area contributed by atoms with Crippen LogP contribution >= 0.6 is 0 Å². The van der Waals surface area contributed by atoms with Crippen molar-refractivity contribution in [2.24, 2.45) is 5.92 Å². The normalized spacial score (nSPS) is 32.6. The van der Waals surface area contributed by atoms with E-state index in [2.05, 4.69) is 33.9 Å². The van der Waals surface area contributed by atoms with Crippen LogP contribution in [0.15, 0.2) is 0 Å². The second-order valence-electron chi connectivity index (χ2n) is 8.49. The smallest absolute Gasteiger partial charge is 0.192 e. The zero-order chi connectivity index (χ0) is 15.7. The lowest BCUT2D eigenvalue weighted by molar-refractivity contribution is -0.0402. The Morgan fingerprint density at radius 3 is 2.33 bits per heavy atom. The van der Waals surface area contributed by atoms with E-state index in [9.17, 15) is 5.11 Å². The topological polar surface area (TPSA) is 38.7 Å². The van der Waals surface area contributed by atoms with Gasteiger partial charge >= 0.3 is 0 Å². The molecule has 1 N–H and O–H groups in total. The predicted molar refractivity (Wildman–Crippen MR) is 89.0 cm³/mol. The molecule has 21 heavy (non-hydrogen) atoms. The van der Waals surface area contributed by atoms with Gasteiger partial charge in [0.25, 0.3) is 0 Å². The van der Waals surface area contributed by atoms with E-state index in [1.54, 1.807) is 0 Å². The fourth-order valence-electron chi connectivity index (χ4n) is 3.23. The predicted octanol–water partition coefficient (Wildman–Crippen LogP) is 4.11. The summed E-state index contributed by atoms with van der Waals surface area (Å²) in [5.41, 5.74) is 0. The Balaban J connectivity index is 1.84. The van der Waals surface area contributed by atoms with Crippen LogP contribution in [0.3, 0.4) is 0 Å². The molecule has 2 aliphatic rings. The van der Waals surface area contributed by atoms with Gasteiger partial charge < -0.3 is 14.3 Å². The molecule has 2 rings (SSSR count). The molecule has 0 aromatic rings. The number of aliphatic hydroxyl groups is 1. The van der Waals surface area contributed by atoms with Gasteiger partial charge in [-0.05, 0) is 36.9 Å². The molecule has 1 saturated heterocycles. The molecule has 4 heteroatoms. The largest absolute Gasteiger partial charge is 0.414 e. The SMILES string of the molecule is CC(C)(C)[Si](C)(C)OC[C@H]1O[C@@H](C2CCCCC2)CC1O. The van der Waals surface area contributed by atoms with Crippen molar-refractivity contribution in [3.8, 4) is 0 Å². The molecule has 0 aromatic carbocycles. The fourth-order valence-corrected chi connectivity index (χ4v) is 4.24. The Labute approximate surface area is 131 Å². The molecule has 3 atom stereocenters. The van der Waals surface area contributed by atoms with E-state index in [0.717, 1.165) is 6.42 Å². The zero-order valence-corrected chi connectivity index (χ0v) is 15.5. The summed E-state index contributed by atoms with van der Waals surface area (Å²) < 4.78 is 12.4. The Kier molecular flexibility index (Phi) is 5.56. The number of aliphatic hydroxyl groups excluding tert-OH is 1. The number of rotatable bonds is 4. The lowest BCUT2D eigenvalue weighted by Crippen LogP contribution is -2.44. The van der Waals surface area contributed by atoms with E-state index in [1.807, 2.05) is 0 Å². The maximum Gasteiger partial charge on any atom is 0.192 e. The van der Waals surface area contributed by atoms with Crippen molar-refractivity contribution in [2.75, 3.05) is 6.61 Å². The van der Waals surface area contributed by atoms with Gasteiger partial charge in [0.1, 0.15) is 6.10 Å². The number of hydrogen-bond acceptors (Lipinski definition) is 3. The van der Waals surface area contributed by atoms with Gasteiger partial charge in [-0.1, -0.05) is 40.0 Å². The molecule has 0 aromatic heterocycles. The van der Waals surface area contributed by atoms with Crippen LogP contribution in [0.2, 0.25) is 18.1 Å². The molecule has 0 bridgehead atoms. The lowest BCUT2D eigenvalue weighted by atomic mass is 9.84. The Hall–Kier alpha value is 0.0969. The summed E-state index contributed by atoms with van der Waals surface area (Å²) in [5, 5.41) is 10.5. The number of ether oxygens (including phenoxy) is 1. The van der Waals surface area contributed by atoms with Crippen molar-refractivity contribution < 1.29 is 14.3 Å². The Morgan fingerprint density at radius 1 is 1.14 bits per heavy atom. The van der Waals surface area contributed by atoms with Crippen LogP contribution in [0, 0.1) is 5.92 Å².